The largest absolute Gasteiger partial charge is 0.168 e. The summed E-state index contributed by atoms with van der Waals surface area (Å²) < 4.78 is 0. The van der Waals surface area contributed by atoms with Crippen LogP contribution in [0.3, 0.4) is 0 Å². The van der Waals surface area contributed by atoms with E-state index in [0.29, 0.717) is 11.8 Å². The van der Waals surface area contributed by atoms with Gasteiger partial charge in [0.15, 0.2) is 0 Å². The summed E-state index contributed by atoms with van der Waals surface area (Å²) >= 11 is 0. The van der Waals surface area contributed by atoms with Crippen molar-refractivity contribution in [2.75, 3.05) is 0 Å². The molecule has 3 aromatic carbocycles. The maximum absolute atomic E-state index is 2.62. The molecule has 2 heteroatoms. The SMILES string of the molecule is CC1=C(C)C(C)C([Si](C)(C)c2c(C(C)(C)C)ccc(-c3cccc4[cH-]ccc34)c2C(C)C)=C1C.[Zr]. The van der Waals surface area contributed by atoms with Crippen LogP contribution >= 0.6 is 0 Å². The zero-order chi connectivity index (χ0) is 25.2. The number of hydrogen-bond acceptors (Lipinski definition) is 0. The Morgan fingerprint density at radius 1 is 0.886 bits per heavy atom. The summed E-state index contributed by atoms with van der Waals surface area (Å²) in [7, 11) is -2.00. The van der Waals surface area contributed by atoms with E-state index >= 15 is 0 Å². The number of fused-ring (bicyclic) bond motifs is 1. The summed E-state index contributed by atoms with van der Waals surface area (Å²) in [5, 5.41) is 6.12. The standard InChI is InChI=1S/C33H43Si.Zr/c1-20(2)30-28(27-17-13-15-25-14-12-16-26(25)27)18-19-29(33(7,8)9)32(30)34(10,11)31-23(5)21(3)22(4)24(31)6;/h12-20,23H,1-11H3;/q-1;. The van der Waals surface area contributed by atoms with Gasteiger partial charge < -0.3 is 0 Å². The molecule has 1 aliphatic carbocycles. The molecule has 0 aliphatic heterocycles. The molecule has 0 saturated heterocycles. The van der Waals surface area contributed by atoms with Gasteiger partial charge in [-0.2, -0.15) is 12.1 Å². The smallest absolute Gasteiger partial charge is 0.109 e. The molecule has 35 heavy (non-hydrogen) atoms. The third-order valence-electron chi connectivity index (χ3n) is 8.54. The fraction of sp³-hybridized carbons (Fsp3) is 0.424. The second kappa shape index (κ2) is 9.83. The van der Waals surface area contributed by atoms with Crippen molar-refractivity contribution < 1.29 is 26.2 Å². The Kier molecular flexibility index (Phi) is 7.92. The first-order valence-corrected chi connectivity index (χ1v) is 16.0. The first kappa shape index (κ1) is 28.2. The van der Waals surface area contributed by atoms with Gasteiger partial charge in [-0.15, -0.1) is 29.0 Å². The minimum Gasteiger partial charge on any atom is -0.168 e. The molecule has 4 rings (SSSR count). The number of rotatable bonds is 4. The summed E-state index contributed by atoms with van der Waals surface area (Å²) in [6.07, 6.45) is 0. The summed E-state index contributed by atoms with van der Waals surface area (Å²) in [4.78, 5) is 0. The molecule has 0 spiro atoms. The summed E-state index contributed by atoms with van der Waals surface area (Å²) in [6.45, 7) is 26.7. The third-order valence-corrected chi connectivity index (χ3v) is 12.5. The first-order valence-electron chi connectivity index (χ1n) is 13.0. The van der Waals surface area contributed by atoms with Gasteiger partial charge in [0.2, 0.25) is 0 Å². The molecular weight excluding hydrogens is 516 g/mol. The zero-order valence-corrected chi connectivity index (χ0v) is 27.2. The molecule has 0 fully saturated rings. The Labute approximate surface area is 234 Å². The molecule has 1 aliphatic rings. The number of hydrogen-bond donors (Lipinski definition) is 0. The predicted molar refractivity (Wildman–Crippen MR) is 155 cm³/mol. The normalized spacial score (nSPS) is 17.1. The zero-order valence-electron chi connectivity index (χ0n) is 23.8. The van der Waals surface area contributed by atoms with Crippen LogP contribution in [-0.2, 0) is 31.6 Å². The van der Waals surface area contributed by atoms with Crippen LogP contribution in [0, 0.1) is 5.92 Å². The van der Waals surface area contributed by atoms with Gasteiger partial charge in [0.05, 0.1) is 0 Å². The van der Waals surface area contributed by atoms with Crippen LogP contribution in [0.1, 0.15) is 79.4 Å². The van der Waals surface area contributed by atoms with Crippen molar-refractivity contribution >= 4 is 24.0 Å². The van der Waals surface area contributed by atoms with E-state index in [1.807, 2.05) is 0 Å². The van der Waals surface area contributed by atoms with Gasteiger partial charge in [-0.3, -0.25) is 0 Å². The van der Waals surface area contributed by atoms with Gasteiger partial charge >= 0.3 is 0 Å². The molecule has 1 unspecified atom stereocenters. The van der Waals surface area contributed by atoms with E-state index in [2.05, 4.69) is 124 Å². The predicted octanol–water partition coefficient (Wildman–Crippen LogP) is 9.40. The minimum absolute atomic E-state index is 0. The second-order valence-electron chi connectivity index (χ2n) is 12.4. The van der Waals surface area contributed by atoms with Crippen LogP contribution in [0.2, 0.25) is 13.1 Å². The van der Waals surface area contributed by atoms with Crippen LogP contribution in [0.15, 0.2) is 70.4 Å². The van der Waals surface area contributed by atoms with Crippen molar-refractivity contribution in [2.24, 2.45) is 5.92 Å². The van der Waals surface area contributed by atoms with Crippen LogP contribution < -0.4 is 5.19 Å². The monoisotopic (exact) mass is 557 g/mol. The molecule has 184 valence electrons. The van der Waals surface area contributed by atoms with Crippen molar-refractivity contribution in [2.45, 2.75) is 86.7 Å². The van der Waals surface area contributed by atoms with Crippen molar-refractivity contribution in [3.8, 4) is 11.1 Å². The van der Waals surface area contributed by atoms with E-state index < -0.39 is 8.07 Å². The van der Waals surface area contributed by atoms with E-state index in [-0.39, 0.29) is 31.6 Å². The molecule has 0 amide bonds. The summed E-state index contributed by atoms with van der Waals surface area (Å²) in [5.74, 6) is 0.994. The number of allylic oxidation sites excluding steroid dienone is 4. The van der Waals surface area contributed by atoms with Crippen molar-refractivity contribution in [1.29, 1.82) is 0 Å². The van der Waals surface area contributed by atoms with Crippen LogP contribution in [0.5, 0.6) is 0 Å². The quantitative estimate of drug-likeness (QED) is 0.221. The molecular formula is C33H43SiZr-. The van der Waals surface area contributed by atoms with Crippen LogP contribution in [0.4, 0.5) is 0 Å². The van der Waals surface area contributed by atoms with E-state index in [1.54, 1.807) is 32.7 Å². The fourth-order valence-corrected chi connectivity index (χ4v) is 11.6. The molecule has 0 N–H and O–H groups in total. The fourth-order valence-electron chi connectivity index (χ4n) is 6.66. The van der Waals surface area contributed by atoms with Gasteiger partial charge in [0, 0.05) is 26.2 Å². The Balaban J connectivity index is 0.00000342. The van der Waals surface area contributed by atoms with Crippen molar-refractivity contribution in [1.82, 2.24) is 0 Å². The topological polar surface area (TPSA) is 0 Å². The molecule has 1 atom stereocenters. The maximum atomic E-state index is 2.62. The Bertz CT molecular complexity index is 1320. The van der Waals surface area contributed by atoms with Crippen LogP contribution in [0.25, 0.3) is 21.9 Å². The maximum Gasteiger partial charge on any atom is 0.109 e. The Hall–Kier alpha value is -1.37. The van der Waals surface area contributed by atoms with E-state index in [0.717, 1.165) is 0 Å². The molecule has 0 saturated carbocycles. The van der Waals surface area contributed by atoms with Gasteiger partial charge in [0.1, 0.15) is 8.07 Å². The number of benzene rings is 2. The molecule has 0 nitrogen and oxygen atoms in total. The van der Waals surface area contributed by atoms with Crippen LogP contribution in [-0.4, -0.2) is 8.07 Å². The third kappa shape index (κ3) is 4.59. The van der Waals surface area contributed by atoms with E-state index in [1.165, 1.54) is 27.5 Å². The van der Waals surface area contributed by atoms with Gasteiger partial charge in [-0.1, -0.05) is 94.7 Å². The van der Waals surface area contributed by atoms with Gasteiger partial charge in [-0.05, 0) is 65.5 Å². The van der Waals surface area contributed by atoms with Gasteiger partial charge in [-0.25, -0.2) is 0 Å². The van der Waals surface area contributed by atoms with Crippen molar-refractivity contribution in [3.05, 3.63) is 81.6 Å². The summed E-state index contributed by atoms with van der Waals surface area (Å²) in [6, 6.07) is 18.4. The Morgan fingerprint density at radius 3 is 2.09 bits per heavy atom. The van der Waals surface area contributed by atoms with Gasteiger partial charge in [0.25, 0.3) is 0 Å². The average molecular weight is 559 g/mol. The molecule has 3 aromatic rings. The molecule has 0 radical (unpaired) electrons. The van der Waals surface area contributed by atoms with E-state index in [4.69, 9.17) is 0 Å². The Morgan fingerprint density at radius 2 is 1.54 bits per heavy atom. The average Bonchev–Trinajstić information content (AvgIpc) is 3.31. The van der Waals surface area contributed by atoms with E-state index in [9.17, 15) is 0 Å². The first-order chi connectivity index (χ1) is 15.8. The minimum atomic E-state index is -2.00. The van der Waals surface area contributed by atoms with Crippen molar-refractivity contribution in [3.63, 3.8) is 0 Å². The molecule has 0 heterocycles. The summed E-state index contributed by atoms with van der Waals surface area (Å²) in [5.41, 5.74) is 10.7. The second-order valence-corrected chi connectivity index (χ2v) is 16.7. The molecule has 0 aromatic heterocycles. The molecule has 0 bridgehead atoms.